The fraction of sp³-hybridized carbons (Fsp3) is 0.143. The van der Waals surface area contributed by atoms with Crippen LogP contribution in [0.2, 0.25) is 0 Å². The normalized spacial score (nSPS) is 19.4. The number of rotatable bonds is 0. The van der Waals surface area contributed by atoms with Crippen LogP contribution in [0.15, 0.2) is 36.4 Å². The molecule has 2 aromatic rings. The standard InChI is InChI=1S/C14H12FN/c1-9-6-7-12(15)14-11(8-9)10-4-2-3-5-13(10)16-14/h2-9,16H,1H3. The molecule has 80 valence electrons. The topological polar surface area (TPSA) is 15.8 Å². The van der Waals surface area contributed by atoms with E-state index in [1.54, 1.807) is 6.08 Å². The van der Waals surface area contributed by atoms with Gasteiger partial charge in [-0.3, -0.25) is 0 Å². The Morgan fingerprint density at radius 1 is 1.25 bits per heavy atom. The Balaban J connectivity index is 2.57. The first kappa shape index (κ1) is 9.40. The molecule has 1 atom stereocenters. The van der Waals surface area contributed by atoms with Crippen molar-refractivity contribution in [3.63, 3.8) is 0 Å². The number of aromatic amines is 1. The maximum absolute atomic E-state index is 13.8. The maximum atomic E-state index is 13.8. The van der Waals surface area contributed by atoms with Crippen molar-refractivity contribution in [3.05, 3.63) is 47.0 Å². The molecule has 2 heteroatoms. The van der Waals surface area contributed by atoms with Crippen LogP contribution in [-0.4, -0.2) is 4.98 Å². The minimum Gasteiger partial charge on any atom is -0.352 e. The van der Waals surface area contributed by atoms with Crippen LogP contribution in [-0.2, 0) is 0 Å². The summed E-state index contributed by atoms with van der Waals surface area (Å²) in [7, 11) is 0. The molecule has 0 saturated carbocycles. The first-order chi connectivity index (χ1) is 7.75. The van der Waals surface area contributed by atoms with Crippen molar-refractivity contribution >= 4 is 22.8 Å². The summed E-state index contributed by atoms with van der Waals surface area (Å²) < 4.78 is 13.8. The second kappa shape index (κ2) is 3.34. The van der Waals surface area contributed by atoms with Crippen LogP contribution in [0.1, 0.15) is 6.92 Å². The van der Waals surface area contributed by atoms with Crippen LogP contribution >= 0.6 is 0 Å². The largest absolute Gasteiger partial charge is 0.352 e. The number of aromatic nitrogens is 1. The molecule has 1 aliphatic rings. The highest BCUT2D eigenvalue weighted by molar-refractivity contribution is 5.82. The number of allylic oxidation sites excluding steroid dienone is 2. The molecule has 0 aliphatic heterocycles. The van der Waals surface area contributed by atoms with Crippen LogP contribution < -0.4 is 10.6 Å². The minimum atomic E-state index is -0.188. The van der Waals surface area contributed by atoms with Gasteiger partial charge < -0.3 is 4.98 Å². The zero-order valence-corrected chi connectivity index (χ0v) is 9.00. The van der Waals surface area contributed by atoms with Crippen LogP contribution in [0.5, 0.6) is 0 Å². The van der Waals surface area contributed by atoms with Gasteiger partial charge in [-0.05, 0) is 18.1 Å². The predicted molar refractivity (Wildman–Crippen MR) is 64.8 cm³/mol. The van der Waals surface area contributed by atoms with Gasteiger partial charge in [0, 0.05) is 16.1 Å². The monoisotopic (exact) mass is 213 g/mol. The molecular formula is C14H12FN. The van der Waals surface area contributed by atoms with Crippen molar-refractivity contribution in [2.45, 2.75) is 6.92 Å². The summed E-state index contributed by atoms with van der Waals surface area (Å²) in [5.41, 5.74) is 0.987. The van der Waals surface area contributed by atoms with Gasteiger partial charge in [0.15, 0.2) is 0 Å². The summed E-state index contributed by atoms with van der Waals surface area (Å²) in [6, 6.07) is 7.92. The molecule has 16 heavy (non-hydrogen) atoms. The lowest BCUT2D eigenvalue weighted by atomic mass is 10.1. The number of fused-ring (bicyclic) bond motifs is 3. The number of H-pyrrole nitrogens is 1. The smallest absolute Gasteiger partial charge is 0.146 e. The summed E-state index contributed by atoms with van der Waals surface area (Å²) in [5.74, 6) is 0.0676. The fourth-order valence-electron chi connectivity index (χ4n) is 2.16. The Kier molecular flexibility index (Phi) is 1.96. The molecule has 0 radical (unpaired) electrons. The lowest BCUT2D eigenvalue weighted by molar-refractivity contribution is 0.755. The highest BCUT2D eigenvalue weighted by atomic mass is 19.1. The minimum absolute atomic E-state index is 0.188. The first-order valence-electron chi connectivity index (χ1n) is 5.42. The zero-order valence-electron chi connectivity index (χ0n) is 9.00. The lowest BCUT2D eigenvalue weighted by Crippen LogP contribution is -2.24. The second-order valence-corrected chi connectivity index (χ2v) is 4.19. The van der Waals surface area contributed by atoms with E-state index in [0.717, 1.165) is 16.1 Å². The highest BCUT2D eigenvalue weighted by Gasteiger charge is 2.07. The number of hydrogen-bond acceptors (Lipinski definition) is 0. The van der Waals surface area contributed by atoms with Gasteiger partial charge in [-0.15, -0.1) is 0 Å². The van der Waals surface area contributed by atoms with Crippen LogP contribution in [0.3, 0.4) is 0 Å². The van der Waals surface area contributed by atoms with Gasteiger partial charge in [-0.25, -0.2) is 4.39 Å². The van der Waals surface area contributed by atoms with Crippen molar-refractivity contribution < 1.29 is 4.39 Å². The molecule has 0 fully saturated rings. The summed E-state index contributed by atoms with van der Waals surface area (Å²) in [5, 5.41) is 2.66. The van der Waals surface area contributed by atoms with E-state index in [2.05, 4.69) is 18.0 Å². The van der Waals surface area contributed by atoms with E-state index in [1.165, 1.54) is 0 Å². The Morgan fingerprint density at radius 3 is 2.94 bits per heavy atom. The van der Waals surface area contributed by atoms with Crippen molar-refractivity contribution in [1.29, 1.82) is 0 Å². The summed E-state index contributed by atoms with van der Waals surface area (Å²) in [4.78, 5) is 3.13. The van der Waals surface area contributed by atoms with Gasteiger partial charge in [-0.1, -0.05) is 37.3 Å². The third kappa shape index (κ3) is 1.30. The van der Waals surface area contributed by atoms with E-state index in [1.807, 2.05) is 30.3 Å². The van der Waals surface area contributed by atoms with Gasteiger partial charge >= 0.3 is 0 Å². The molecule has 1 heterocycles. The maximum Gasteiger partial charge on any atom is 0.146 e. The summed E-state index contributed by atoms with van der Waals surface area (Å²) in [6.07, 6.45) is 5.51. The molecule has 0 spiro atoms. The molecule has 3 rings (SSSR count). The molecule has 1 N–H and O–H groups in total. The number of hydrogen-bond donors (Lipinski definition) is 1. The first-order valence-corrected chi connectivity index (χ1v) is 5.42. The van der Waals surface area contributed by atoms with Crippen molar-refractivity contribution in [1.82, 2.24) is 4.98 Å². The molecule has 0 saturated heterocycles. The van der Waals surface area contributed by atoms with Gasteiger partial charge in [0.25, 0.3) is 0 Å². The van der Waals surface area contributed by atoms with Gasteiger partial charge in [0.2, 0.25) is 0 Å². The summed E-state index contributed by atoms with van der Waals surface area (Å²) in [6.45, 7) is 2.06. The molecule has 0 bridgehead atoms. The quantitative estimate of drug-likeness (QED) is 0.690. The van der Waals surface area contributed by atoms with E-state index in [-0.39, 0.29) is 11.7 Å². The molecule has 1 unspecified atom stereocenters. The number of halogens is 1. The van der Waals surface area contributed by atoms with Gasteiger partial charge in [0.05, 0.1) is 5.35 Å². The van der Waals surface area contributed by atoms with Crippen molar-refractivity contribution in [2.24, 2.45) is 5.92 Å². The molecule has 1 aromatic heterocycles. The predicted octanol–water partition coefficient (Wildman–Crippen LogP) is 2.23. The number of para-hydroxylation sites is 1. The Hall–Kier alpha value is -1.83. The number of nitrogens with one attached hydrogen (secondary N) is 1. The molecule has 1 aliphatic carbocycles. The third-order valence-electron chi connectivity index (χ3n) is 2.96. The van der Waals surface area contributed by atoms with E-state index >= 15 is 0 Å². The zero-order chi connectivity index (χ0) is 11.1. The molecule has 0 amide bonds. The fourth-order valence-corrected chi connectivity index (χ4v) is 2.16. The van der Waals surface area contributed by atoms with E-state index in [4.69, 9.17) is 0 Å². The third-order valence-corrected chi connectivity index (χ3v) is 2.96. The van der Waals surface area contributed by atoms with Crippen molar-refractivity contribution in [2.75, 3.05) is 0 Å². The van der Waals surface area contributed by atoms with Gasteiger partial charge in [-0.2, -0.15) is 0 Å². The van der Waals surface area contributed by atoms with Crippen molar-refractivity contribution in [3.8, 4) is 0 Å². The van der Waals surface area contributed by atoms with Crippen LogP contribution in [0, 0.1) is 5.92 Å². The molecule has 1 aromatic carbocycles. The summed E-state index contributed by atoms with van der Waals surface area (Å²) >= 11 is 0. The van der Waals surface area contributed by atoms with E-state index in [0.29, 0.717) is 5.35 Å². The molecular weight excluding hydrogens is 201 g/mol. The Bertz CT molecular complexity index is 691. The average Bonchev–Trinajstić information content (AvgIpc) is 2.59. The van der Waals surface area contributed by atoms with E-state index < -0.39 is 0 Å². The van der Waals surface area contributed by atoms with Crippen LogP contribution in [0.25, 0.3) is 22.8 Å². The second-order valence-electron chi connectivity index (χ2n) is 4.19. The highest BCUT2D eigenvalue weighted by Crippen LogP contribution is 2.10. The lowest BCUT2D eigenvalue weighted by Gasteiger charge is -1.94. The molecule has 1 nitrogen and oxygen atoms in total. The van der Waals surface area contributed by atoms with E-state index in [9.17, 15) is 4.39 Å². The Labute approximate surface area is 92.6 Å². The van der Waals surface area contributed by atoms with Gasteiger partial charge in [0.1, 0.15) is 5.83 Å². The Morgan fingerprint density at radius 2 is 2.06 bits per heavy atom. The van der Waals surface area contributed by atoms with Crippen LogP contribution in [0.4, 0.5) is 4.39 Å². The SMILES string of the molecule is CC1C=CC(F)=c2[nH]c3ccccc3c2=C1. The average molecular weight is 213 g/mol. The number of benzene rings is 1.